The molecule has 0 heterocycles. The largest absolute Gasteiger partial charge is 0.0616 e. The molecule has 4 aromatic carbocycles. The van der Waals surface area contributed by atoms with Gasteiger partial charge in [0, 0.05) is 0 Å². The number of fused-ring (bicyclic) bond motifs is 5. The van der Waals surface area contributed by atoms with Gasteiger partial charge in [-0.25, -0.2) is 0 Å². The van der Waals surface area contributed by atoms with Crippen LogP contribution < -0.4 is 0 Å². The molecule has 0 nitrogen and oxygen atoms in total. The Morgan fingerprint density at radius 2 is 1.33 bits per heavy atom. The Balaban J connectivity index is 1.84. The summed E-state index contributed by atoms with van der Waals surface area (Å²) in [5.74, 6) is 0. The van der Waals surface area contributed by atoms with Crippen molar-refractivity contribution in [1.29, 1.82) is 0 Å². The predicted octanol–water partition coefficient (Wildman–Crippen LogP) is 5.36. The van der Waals surface area contributed by atoms with Gasteiger partial charge in [0.15, 0.2) is 0 Å². The fourth-order valence-electron chi connectivity index (χ4n) is 3.50. The zero-order chi connectivity index (χ0) is 13.8. The van der Waals surface area contributed by atoms with Crippen LogP contribution in [0.4, 0.5) is 0 Å². The second kappa shape index (κ2) is 3.95. The monoisotopic (exact) mass is 265 g/mol. The summed E-state index contributed by atoms with van der Waals surface area (Å²) in [7, 11) is 0. The van der Waals surface area contributed by atoms with Crippen LogP contribution in [0, 0.1) is 6.07 Å². The summed E-state index contributed by atoms with van der Waals surface area (Å²) in [4.78, 5) is 0. The van der Waals surface area contributed by atoms with E-state index in [9.17, 15) is 0 Å². The molecule has 0 fully saturated rings. The average molecular weight is 265 g/mol. The van der Waals surface area contributed by atoms with Crippen molar-refractivity contribution < 1.29 is 0 Å². The lowest BCUT2D eigenvalue weighted by atomic mass is 9.99. The first kappa shape index (κ1) is 11.1. The first-order valence-corrected chi connectivity index (χ1v) is 7.34. The highest BCUT2D eigenvalue weighted by molar-refractivity contribution is 5.96. The minimum atomic E-state index is 1.04. The molecular weight excluding hydrogens is 252 g/mol. The van der Waals surface area contributed by atoms with E-state index < -0.39 is 0 Å². The lowest BCUT2D eigenvalue weighted by Gasteiger charge is -2.05. The van der Waals surface area contributed by atoms with Gasteiger partial charge < -0.3 is 0 Å². The molecule has 0 aliphatic heterocycles. The summed E-state index contributed by atoms with van der Waals surface area (Å²) in [5, 5.41) is 5.15. The van der Waals surface area contributed by atoms with Crippen molar-refractivity contribution >= 4 is 21.5 Å². The van der Waals surface area contributed by atoms with Crippen LogP contribution >= 0.6 is 0 Å². The standard InChI is InChI=1S/C21H13/c1-3-7-16-12-20-18(9-14(16)5-1)11-19-10-15-6-2-4-8-17(15)13-21(19)20/h1-7,9-10,12-13H,11H2. The molecule has 1 radical (unpaired) electrons. The quantitative estimate of drug-likeness (QED) is 0.353. The highest BCUT2D eigenvalue weighted by Crippen LogP contribution is 2.40. The lowest BCUT2D eigenvalue weighted by Crippen LogP contribution is -1.81. The molecule has 0 atom stereocenters. The molecule has 0 bridgehead atoms. The fraction of sp³-hybridized carbons (Fsp3) is 0.0476. The Kier molecular flexibility index (Phi) is 2.09. The van der Waals surface area contributed by atoms with Crippen LogP contribution in [0.5, 0.6) is 0 Å². The van der Waals surface area contributed by atoms with E-state index in [0.717, 1.165) is 6.42 Å². The van der Waals surface area contributed by atoms with Crippen molar-refractivity contribution in [3.63, 3.8) is 0 Å². The zero-order valence-corrected chi connectivity index (χ0v) is 11.6. The van der Waals surface area contributed by atoms with Gasteiger partial charge in [-0.2, -0.15) is 0 Å². The van der Waals surface area contributed by atoms with Crippen molar-refractivity contribution in [2.24, 2.45) is 0 Å². The molecule has 21 heavy (non-hydrogen) atoms. The summed E-state index contributed by atoms with van der Waals surface area (Å²) >= 11 is 0. The van der Waals surface area contributed by atoms with Gasteiger partial charge in [-0.15, -0.1) is 0 Å². The molecular formula is C21H13. The van der Waals surface area contributed by atoms with Gasteiger partial charge in [0.05, 0.1) is 0 Å². The number of hydrogen-bond acceptors (Lipinski definition) is 0. The molecule has 1 aliphatic carbocycles. The zero-order valence-electron chi connectivity index (χ0n) is 11.6. The predicted molar refractivity (Wildman–Crippen MR) is 88.5 cm³/mol. The maximum atomic E-state index is 3.35. The number of hydrogen-bond donors (Lipinski definition) is 0. The molecule has 97 valence electrons. The van der Waals surface area contributed by atoms with Crippen molar-refractivity contribution in [1.82, 2.24) is 0 Å². The van der Waals surface area contributed by atoms with E-state index >= 15 is 0 Å². The third-order valence-corrected chi connectivity index (χ3v) is 4.53. The Bertz CT molecular complexity index is 926. The van der Waals surface area contributed by atoms with E-state index in [1.807, 2.05) is 6.07 Å². The van der Waals surface area contributed by atoms with Gasteiger partial charge in [0.1, 0.15) is 0 Å². The molecule has 0 amide bonds. The summed E-state index contributed by atoms with van der Waals surface area (Å²) < 4.78 is 0. The van der Waals surface area contributed by atoms with Crippen LogP contribution in [0.2, 0.25) is 0 Å². The molecule has 0 spiro atoms. The molecule has 0 aromatic heterocycles. The third kappa shape index (κ3) is 1.56. The topological polar surface area (TPSA) is 0 Å². The van der Waals surface area contributed by atoms with Crippen LogP contribution in [-0.2, 0) is 6.42 Å². The first-order chi connectivity index (χ1) is 10.4. The smallest absolute Gasteiger partial charge is 0.00130 e. The number of benzene rings is 4. The van der Waals surface area contributed by atoms with E-state index in [1.54, 1.807) is 0 Å². The molecule has 5 rings (SSSR count). The maximum Gasteiger partial charge on any atom is -0.00130 e. The highest BCUT2D eigenvalue weighted by atomic mass is 14.2. The molecule has 4 aromatic rings. The second-order valence-corrected chi connectivity index (χ2v) is 5.80. The SMILES string of the molecule is [c]1cccc2cc3c(cc12)-c1cc2ccccc2cc1C3. The van der Waals surface area contributed by atoms with Gasteiger partial charge >= 0.3 is 0 Å². The number of rotatable bonds is 0. The van der Waals surface area contributed by atoms with Crippen molar-refractivity contribution in [3.05, 3.63) is 83.9 Å². The Hall–Kier alpha value is -2.60. The van der Waals surface area contributed by atoms with Gasteiger partial charge in [-0.05, 0) is 68.4 Å². The molecule has 0 heteroatoms. The summed E-state index contributed by atoms with van der Waals surface area (Å²) in [6.45, 7) is 0. The molecule has 0 saturated carbocycles. The van der Waals surface area contributed by atoms with Crippen LogP contribution in [0.15, 0.2) is 66.7 Å². The van der Waals surface area contributed by atoms with Crippen LogP contribution in [0.1, 0.15) is 11.1 Å². The van der Waals surface area contributed by atoms with Gasteiger partial charge in [0.2, 0.25) is 0 Å². The average Bonchev–Trinajstić information content (AvgIpc) is 2.87. The van der Waals surface area contributed by atoms with Crippen molar-refractivity contribution in [2.45, 2.75) is 6.42 Å². The Labute approximate surface area is 123 Å². The summed E-state index contributed by atoms with van der Waals surface area (Å²) in [6.07, 6.45) is 1.04. The highest BCUT2D eigenvalue weighted by Gasteiger charge is 2.19. The van der Waals surface area contributed by atoms with Crippen LogP contribution in [-0.4, -0.2) is 0 Å². The third-order valence-electron chi connectivity index (χ3n) is 4.53. The fourth-order valence-corrected chi connectivity index (χ4v) is 3.50. The van der Waals surface area contributed by atoms with Crippen LogP contribution in [0.25, 0.3) is 32.7 Å². The minimum Gasteiger partial charge on any atom is -0.0616 e. The molecule has 1 aliphatic rings. The first-order valence-electron chi connectivity index (χ1n) is 7.34. The van der Waals surface area contributed by atoms with Gasteiger partial charge in [-0.3, -0.25) is 0 Å². The van der Waals surface area contributed by atoms with Gasteiger partial charge in [0.25, 0.3) is 0 Å². The van der Waals surface area contributed by atoms with E-state index in [0.29, 0.717) is 0 Å². The minimum absolute atomic E-state index is 1.04. The summed E-state index contributed by atoms with van der Waals surface area (Å²) in [6, 6.07) is 27.5. The van der Waals surface area contributed by atoms with Crippen molar-refractivity contribution in [2.75, 3.05) is 0 Å². The van der Waals surface area contributed by atoms with E-state index in [4.69, 9.17) is 0 Å². The second-order valence-electron chi connectivity index (χ2n) is 5.80. The van der Waals surface area contributed by atoms with E-state index in [2.05, 4.69) is 66.7 Å². The molecule has 0 saturated heterocycles. The normalized spacial score (nSPS) is 12.6. The van der Waals surface area contributed by atoms with Gasteiger partial charge in [-0.1, -0.05) is 54.6 Å². The maximum absolute atomic E-state index is 3.35. The Morgan fingerprint density at radius 3 is 2.19 bits per heavy atom. The van der Waals surface area contributed by atoms with Crippen molar-refractivity contribution in [3.8, 4) is 11.1 Å². The Morgan fingerprint density at radius 1 is 0.667 bits per heavy atom. The van der Waals surface area contributed by atoms with E-state index in [-0.39, 0.29) is 0 Å². The summed E-state index contributed by atoms with van der Waals surface area (Å²) in [5.41, 5.74) is 5.65. The van der Waals surface area contributed by atoms with E-state index in [1.165, 1.54) is 43.8 Å². The lowest BCUT2D eigenvalue weighted by molar-refractivity contribution is 1.28. The molecule has 0 N–H and O–H groups in total. The molecule has 0 unspecified atom stereocenters. The van der Waals surface area contributed by atoms with Crippen LogP contribution in [0.3, 0.4) is 0 Å².